The zero-order chi connectivity index (χ0) is 37.7. The van der Waals surface area contributed by atoms with Gasteiger partial charge in [-0.05, 0) is 145 Å². The molecule has 0 aliphatic rings. The van der Waals surface area contributed by atoms with E-state index in [1.807, 2.05) is 54.6 Å². The van der Waals surface area contributed by atoms with E-state index in [-0.39, 0.29) is 0 Å². The second-order valence-corrected chi connectivity index (χ2v) is 13.1. The number of rotatable bonds is 18. The third kappa shape index (κ3) is 10.7. The minimum Gasteiger partial charge on any atom is -0.497 e. The summed E-state index contributed by atoms with van der Waals surface area (Å²) in [5, 5.41) is 0. The van der Waals surface area contributed by atoms with Gasteiger partial charge in [0.1, 0.15) is 51.7 Å². The van der Waals surface area contributed by atoms with E-state index < -0.39 is 0 Å². The van der Waals surface area contributed by atoms with Crippen LogP contribution in [0.15, 0.2) is 127 Å². The molecule has 7 nitrogen and oxygen atoms in total. The van der Waals surface area contributed by atoms with Gasteiger partial charge in [0.15, 0.2) is 0 Å². The molecule has 0 aliphatic carbocycles. The third-order valence-electron chi connectivity index (χ3n) is 9.27. The van der Waals surface area contributed by atoms with E-state index in [1.54, 1.807) is 35.5 Å². The van der Waals surface area contributed by atoms with Crippen LogP contribution in [0.3, 0.4) is 0 Å². The molecule has 0 bridgehead atoms. The molecule has 6 aromatic rings. The van der Waals surface area contributed by atoms with Crippen molar-refractivity contribution in [3.05, 3.63) is 161 Å². The number of benzene rings is 6. The topological polar surface area (TPSA) is 64.6 Å². The summed E-state index contributed by atoms with van der Waals surface area (Å²) in [7, 11) is 8.42. The largest absolute Gasteiger partial charge is 0.497 e. The quantitative estimate of drug-likeness (QED) is 0.0874. The van der Waals surface area contributed by atoms with E-state index in [0.29, 0.717) is 23.0 Å². The Morgan fingerprint density at radius 3 is 0.796 bits per heavy atom. The van der Waals surface area contributed by atoms with Crippen LogP contribution in [0.5, 0.6) is 51.7 Å². The molecule has 0 radical (unpaired) electrons. The van der Waals surface area contributed by atoms with Crippen LogP contribution in [-0.2, 0) is 38.5 Å². The van der Waals surface area contributed by atoms with E-state index in [2.05, 4.69) is 72.8 Å². The highest BCUT2D eigenvalue weighted by Gasteiger charge is 2.12. The van der Waals surface area contributed by atoms with Crippen molar-refractivity contribution >= 4 is 0 Å². The zero-order valence-electron chi connectivity index (χ0n) is 31.7. The first kappa shape index (κ1) is 37.7. The second-order valence-electron chi connectivity index (χ2n) is 13.1. The van der Waals surface area contributed by atoms with Crippen molar-refractivity contribution in [3.63, 3.8) is 0 Å². The third-order valence-corrected chi connectivity index (χ3v) is 9.27. The smallest absolute Gasteiger partial charge is 0.131 e. The lowest BCUT2D eigenvalue weighted by molar-refractivity contribution is 0.406. The van der Waals surface area contributed by atoms with E-state index in [4.69, 9.17) is 33.2 Å². The summed E-state index contributed by atoms with van der Waals surface area (Å²) < 4.78 is 40.9. The van der Waals surface area contributed by atoms with Gasteiger partial charge in [-0.2, -0.15) is 0 Å². The molecule has 0 aromatic heterocycles. The SMILES string of the molecule is COc1cccc(CCc2cc(OC)cc(Oc3cc(CCc4cccc(OC)c4)cc(Oc4cc(CCc5cccc(OC)c5)cc(OC)c4)c3)c2)c1. The first-order chi connectivity index (χ1) is 26.4. The lowest BCUT2D eigenvalue weighted by Crippen LogP contribution is -1.98. The summed E-state index contributed by atoms with van der Waals surface area (Å²) in [6.45, 7) is 0. The van der Waals surface area contributed by atoms with Crippen molar-refractivity contribution in [1.29, 1.82) is 0 Å². The highest BCUT2D eigenvalue weighted by molar-refractivity contribution is 5.47. The molecule has 7 heteroatoms. The van der Waals surface area contributed by atoms with Crippen LogP contribution < -0.4 is 33.2 Å². The Kier molecular flexibility index (Phi) is 13.0. The number of aryl methyl sites for hydroxylation is 6. The fraction of sp³-hybridized carbons (Fsp3) is 0.234. The van der Waals surface area contributed by atoms with Gasteiger partial charge in [0.25, 0.3) is 0 Å². The Bertz CT molecular complexity index is 2020. The Balaban J connectivity index is 1.26. The molecule has 0 atom stereocenters. The van der Waals surface area contributed by atoms with Crippen LogP contribution in [0, 0.1) is 0 Å². The van der Waals surface area contributed by atoms with Crippen LogP contribution >= 0.6 is 0 Å². The van der Waals surface area contributed by atoms with E-state index in [1.165, 1.54) is 16.7 Å². The molecule has 0 aliphatic heterocycles. The summed E-state index contributed by atoms with van der Waals surface area (Å²) in [6, 6.07) is 42.7. The molecule has 0 N–H and O–H groups in total. The molecule has 0 unspecified atom stereocenters. The average Bonchev–Trinajstić information content (AvgIpc) is 3.21. The fourth-order valence-corrected chi connectivity index (χ4v) is 6.42. The van der Waals surface area contributed by atoms with Gasteiger partial charge in [-0.15, -0.1) is 0 Å². The highest BCUT2D eigenvalue weighted by Crippen LogP contribution is 2.35. The number of hydrogen-bond acceptors (Lipinski definition) is 7. The monoisotopic (exact) mass is 724 g/mol. The first-order valence-corrected chi connectivity index (χ1v) is 18.2. The van der Waals surface area contributed by atoms with Crippen LogP contribution in [0.25, 0.3) is 0 Å². The van der Waals surface area contributed by atoms with Gasteiger partial charge in [0.05, 0.1) is 35.5 Å². The number of hydrogen-bond donors (Lipinski definition) is 0. The molecule has 0 fully saturated rings. The molecule has 54 heavy (non-hydrogen) atoms. The van der Waals surface area contributed by atoms with Gasteiger partial charge in [0, 0.05) is 18.2 Å². The number of ether oxygens (including phenoxy) is 7. The summed E-state index contributed by atoms with van der Waals surface area (Å²) in [5.74, 6) is 6.72. The zero-order valence-corrected chi connectivity index (χ0v) is 31.7. The standard InChI is InChI=1S/C47H48O7/c1-48-39-12-6-9-33(21-39)15-18-36-24-42(51-4)30-44(26-36)53-46-28-38(20-17-35-11-8-14-41(23-35)50-3)29-47(32-46)54-45-27-37(25-43(31-45)52-5)19-16-34-10-7-13-40(22-34)49-2/h6-14,21-32H,15-20H2,1-5H3. The van der Waals surface area contributed by atoms with Crippen molar-refractivity contribution in [3.8, 4) is 51.7 Å². The maximum absolute atomic E-state index is 6.60. The van der Waals surface area contributed by atoms with Gasteiger partial charge >= 0.3 is 0 Å². The van der Waals surface area contributed by atoms with Gasteiger partial charge in [0.2, 0.25) is 0 Å². The molecule has 6 rings (SSSR count). The fourth-order valence-electron chi connectivity index (χ4n) is 6.42. The summed E-state index contributed by atoms with van der Waals surface area (Å²) in [4.78, 5) is 0. The minimum absolute atomic E-state index is 0.668. The van der Waals surface area contributed by atoms with Crippen molar-refractivity contribution in [2.75, 3.05) is 35.5 Å². The molecular formula is C47H48O7. The molecule has 6 aromatic carbocycles. The predicted molar refractivity (Wildman–Crippen MR) is 214 cm³/mol. The van der Waals surface area contributed by atoms with E-state index >= 15 is 0 Å². The lowest BCUT2D eigenvalue weighted by Gasteiger charge is -2.15. The Hall–Kier alpha value is -6.08. The maximum atomic E-state index is 6.60. The summed E-state index contributed by atoms with van der Waals surface area (Å²) in [6.07, 6.45) is 4.92. The van der Waals surface area contributed by atoms with Gasteiger partial charge in [-0.1, -0.05) is 36.4 Å². The van der Waals surface area contributed by atoms with Crippen molar-refractivity contribution in [2.45, 2.75) is 38.5 Å². The van der Waals surface area contributed by atoms with Gasteiger partial charge in [-0.25, -0.2) is 0 Å². The van der Waals surface area contributed by atoms with Crippen LogP contribution in [0.1, 0.15) is 33.4 Å². The molecular weight excluding hydrogens is 677 g/mol. The van der Waals surface area contributed by atoms with Crippen molar-refractivity contribution < 1.29 is 33.2 Å². The van der Waals surface area contributed by atoms with Gasteiger partial charge < -0.3 is 33.2 Å². The van der Waals surface area contributed by atoms with Crippen LogP contribution in [0.2, 0.25) is 0 Å². The maximum Gasteiger partial charge on any atom is 0.131 e. The van der Waals surface area contributed by atoms with Crippen LogP contribution in [-0.4, -0.2) is 35.5 Å². The summed E-state index contributed by atoms with van der Waals surface area (Å²) >= 11 is 0. The first-order valence-electron chi connectivity index (χ1n) is 18.2. The van der Waals surface area contributed by atoms with E-state index in [0.717, 1.165) is 84.0 Å². The molecule has 0 saturated carbocycles. The highest BCUT2D eigenvalue weighted by atomic mass is 16.5. The second kappa shape index (κ2) is 18.6. The van der Waals surface area contributed by atoms with Crippen molar-refractivity contribution in [2.24, 2.45) is 0 Å². The minimum atomic E-state index is 0.668. The summed E-state index contributed by atoms with van der Waals surface area (Å²) in [5.41, 5.74) is 6.88. The number of methoxy groups -OCH3 is 5. The van der Waals surface area contributed by atoms with Crippen molar-refractivity contribution in [1.82, 2.24) is 0 Å². The molecule has 0 heterocycles. The lowest BCUT2D eigenvalue weighted by atomic mass is 10.0. The average molecular weight is 725 g/mol. The van der Waals surface area contributed by atoms with Crippen LogP contribution in [0.4, 0.5) is 0 Å². The molecule has 0 amide bonds. The van der Waals surface area contributed by atoms with Gasteiger partial charge in [-0.3, -0.25) is 0 Å². The molecule has 0 spiro atoms. The Morgan fingerprint density at radius 1 is 0.259 bits per heavy atom. The van der Waals surface area contributed by atoms with E-state index in [9.17, 15) is 0 Å². The Morgan fingerprint density at radius 2 is 0.500 bits per heavy atom. The molecule has 0 saturated heterocycles. The predicted octanol–water partition coefficient (Wildman–Crippen LogP) is 10.7. The molecule has 278 valence electrons. The normalized spacial score (nSPS) is 10.8. The Labute approximate surface area is 319 Å².